The number of aromatic nitrogens is 1. The van der Waals surface area contributed by atoms with E-state index < -0.39 is 0 Å². The number of nitrogens with zero attached hydrogens (tertiary/aromatic N) is 2. The molecule has 2 bridgehead atoms. The van der Waals surface area contributed by atoms with Crippen LogP contribution in [0.25, 0.3) is 10.9 Å². The third kappa shape index (κ3) is 6.68. The Morgan fingerprint density at radius 1 is 0.955 bits per heavy atom. The number of Topliss-reactive ketones (excluding diaryl/α,β-unsaturated/α-hetero) is 1. The number of halogens is 2. The first-order chi connectivity index (χ1) is 21.3. The number of piperidine rings is 1. The van der Waals surface area contributed by atoms with Crippen molar-refractivity contribution in [3.8, 4) is 5.75 Å². The SMILES string of the molecule is COc1cccc2c(C(=O)NCc3cccc(C)c3)cn(CCCN3[C@@H]4CC[C@H]3CC(CC(=O)c3cc(Cl)cc(Cl)c3)C4)c12. The summed E-state index contributed by atoms with van der Waals surface area (Å²) in [6.45, 7) is 4.31. The van der Waals surface area contributed by atoms with Gasteiger partial charge in [-0.25, -0.2) is 0 Å². The zero-order valence-corrected chi connectivity index (χ0v) is 26.8. The molecule has 230 valence electrons. The largest absolute Gasteiger partial charge is 0.495 e. The Hall–Kier alpha value is -3.32. The minimum Gasteiger partial charge on any atom is -0.495 e. The summed E-state index contributed by atoms with van der Waals surface area (Å²) in [5.41, 5.74) is 4.48. The molecule has 6 nitrogen and oxygen atoms in total. The summed E-state index contributed by atoms with van der Waals surface area (Å²) in [5.74, 6) is 1.19. The summed E-state index contributed by atoms with van der Waals surface area (Å²) in [5, 5.41) is 5.01. The highest BCUT2D eigenvalue weighted by Crippen LogP contribution is 2.40. The van der Waals surface area contributed by atoms with E-state index in [-0.39, 0.29) is 11.7 Å². The molecule has 2 aliphatic rings. The second kappa shape index (κ2) is 13.4. The third-order valence-electron chi connectivity index (χ3n) is 9.32. The normalized spacial score (nSPS) is 19.8. The highest BCUT2D eigenvalue weighted by molar-refractivity contribution is 6.35. The molecule has 6 rings (SSSR count). The lowest BCUT2D eigenvalue weighted by atomic mass is 9.85. The van der Waals surface area contributed by atoms with Crippen LogP contribution in [-0.2, 0) is 13.1 Å². The molecule has 1 N–H and O–H groups in total. The van der Waals surface area contributed by atoms with Crippen molar-refractivity contribution in [3.63, 3.8) is 0 Å². The molecule has 1 aromatic heterocycles. The van der Waals surface area contributed by atoms with Gasteiger partial charge in [-0.05, 0) is 74.8 Å². The molecular weight excluding hydrogens is 593 g/mol. The van der Waals surface area contributed by atoms with Crippen LogP contribution in [0.15, 0.2) is 66.9 Å². The molecule has 2 saturated heterocycles. The second-order valence-corrected chi connectivity index (χ2v) is 13.2. The number of hydrogen-bond donors (Lipinski definition) is 1. The Labute approximate surface area is 269 Å². The van der Waals surface area contributed by atoms with E-state index in [1.807, 2.05) is 36.5 Å². The molecule has 2 fully saturated rings. The van der Waals surface area contributed by atoms with E-state index in [2.05, 4.69) is 33.8 Å². The summed E-state index contributed by atoms with van der Waals surface area (Å²) in [7, 11) is 1.68. The van der Waals surface area contributed by atoms with Crippen LogP contribution in [0.3, 0.4) is 0 Å². The maximum Gasteiger partial charge on any atom is 0.253 e. The number of nitrogens with one attached hydrogen (secondary N) is 1. The Kier molecular flexibility index (Phi) is 9.31. The van der Waals surface area contributed by atoms with Gasteiger partial charge in [0.05, 0.1) is 18.2 Å². The summed E-state index contributed by atoms with van der Waals surface area (Å²) in [6, 6.07) is 20.2. The number of aryl methyl sites for hydroxylation is 2. The van der Waals surface area contributed by atoms with Crippen LogP contribution >= 0.6 is 23.2 Å². The lowest BCUT2D eigenvalue weighted by molar-refractivity contribution is 0.0807. The van der Waals surface area contributed by atoms with Gasteiger partial charge in [0.2, 0.25) is 0 Å². The highest BCUT2D eigenvalue weighted by Gasteiger charge is 2.40. The molecule has 0 spiro atoms. The Morgan fingerprint density at radius 2 is 1.68 bits per heavy atom. The van der Waals surface area contributed by atoms with E-state index in [4.69, 9.17) is 27.9 Å². The summed E-state index contributed by atoms with van der Waals surface area (Å²) >= 11 is 12.3. The molecule has 0 saturated carbocycles. The number of ether oxygens (including phenoxy) is 1. The molecule has 44 heavy (non-hydrogen) atoms. The summed E-state index contributed by atoms with van der Waals surface area (Å²) in [4.78, 5) is 29.1. The molecule has 0 aliphatic carbocycles. The van der Waals surface area contributed by atoms with Gasteiger partial charge in [0, 0.05) is 65.3 Å². The molecule has 2 aliphatic heterocycles. The van der Waals surface area contributed by atoms with E-state index in [0.29, 0.717) is 52.1 Å². The van der Waals surface area contributed by atoms with Gasteiger partial charge in [-0.15, -0.1) is 0 Å². The van der Waals surface area contributed by atoms with Crippen LogP contribution in [0.1, 0.15) is 70.4 Å². The Bertz CT molecular complexity index is 1650. The van der Waals surface area contributed by atoms with Crippen molar-refractivity contribution in [2.24, 2.45) is 5.92 Å². The minimum atomic E-state index is -0.0850. The quantitative estimate of drug-likeness (QED) is 0.170. The number of para-hydroxylation sites is 1. The first kappa shape index (κ1) is 30.7. The lowest BCUT2D eigenvalue weighted by Crippen LogP contribution is -2.43. The van der Waals surface area contributed by atoms with Gasteiger partial charge in [0.25, 0.3) is 5.91 Å². The zero-order valence-electron chi connectivity index (χ0n) is 25.3. The fourth-order valence-electron chi connectivity index (χ4n) is 7.38. The molecular formula is C36H39Cl2N3O3. The number of carbonyl (C=O) groups is 2. The maximum atomic E-state index is 13.4. The van der Waals surface area contributed by atoms with Crippen molar-refractivity contribution in [1.82, 2.24) is 14.8 Å². The number of hydrogen-bond acceptors (Lipinski definition) is 4. The summed E-state index contributed by atoms with van der Waals surface area (Å²) in [6.07, 6.45) is 7.94. The molecule has 1 amide bonds. The average Bonchev–Trinajstić information content (AvgIpc) is 3.48. The van der Waals surface area contributed by atoms with Crippen molar-refractivity contribution in [2.75, 3.05) is 13.7 Å². The molecule has 8 heteroatoms. The minimum absolute atomic E-state index is 0.0850. The number of benzene rings is 3. The van der Waals surface area contributed by atoms with Gasteiger partial charge in [-0.1, -0.05) is 65.2 Å². The number of ketones is 1. The van der Waals surface area contributed by atoms with Gasteiger partial charge in [-0.2, -0.15) is 0 Å². The third-order valence-corrected chi connectivity index (χ3v) is 9.75. The van der Waals surface area contributed by atoms with Crippen LogP contribution in [-0.4, -0.2) is 46.9 Å². The van der Waals surface area contributed by atoms with E-state index in [9.17, 15) is 9.59 Å². The molecule has 3 atom stereocenters. The molecule has 1 unspecified atom stereocenters. The van der Waals surface area contributed by atoms with Crippen molar-refractivity contribution in [2.45, 2.75) is 70.6 Å². The Balaban J connectivity index is 1.09. The molecule has 4 aromatic rings. The fourth-order valence-corrected chi connectivity index (χ4v) is 7.91. The van der Waals surface area contributed by atoms with Crippen LogP contribution in [0.4, 0.5) is 0 Å². The number of amides is 1. The van der Waals surface area contributed by atoms with E-state index in [1.165, 1.54) is 18.4 Å². The topological polar surface area (TPSA) is 63.6 Å². The smallest absolute Gasteiger partial charge is 0.253 e. The standard InChI is InChI=1S/C36H39Cl2N3O3/c1-23-6-3-7-24(14-23)21-39-36(43)32-22-40(35-31(32)8-4-9-34(35)44-2)12-5-13-41-29-10-11-30(41)16-25(15-29)17-33(42)26-18-27(37)20-28(38)19-26/h3-4,6-9,14,18-20,22,25,29-30H,5,10-13,15-17,21H2,1-2H3,(H,39,43)/t25?,29-,30+. The molecule has 0 radical (unpaired) electrons. The molecule has 3 heterocycles. The van der Waals surface area contributed by atoms with Crippen molar-refractivity contribution < 1.29 is 14.3 Å². The lowest BCUT2D eigenvalue weighted by Gasteiger charge is -2.39. The van der Waals surface area contributed by atoms with E-state index >= 15 is 0 Å². The van der Waals surface area contributed by atoms with Crippen molar-refractivity contribution in [3.05, 3.63) is 99.2 Å². The maximum absolute atomic E-state index is 13.4. The van der Waals surface area contributed by atoms with Crippen LogP contribution in [0.2, 0.25) is 10.0 Å². The Morgan fingerprint density at radius 3 is 2.39 bits per heavy atom. The summed E-state index contributed by atoms with van der Waals surface area (Å²) < 4.78 is 7.91. The number of methoxy groups -OCH3 is 1. The van der Waals surface area contributed by atoms with Gasteiger partial charge in [-0.3, -0.25) is 14.5 Å². The first-order valence-electron chi connectivity index (χ1n) is 15.5. The highest BCUT2D eigenvalue weighted by atomic mass is 35.5. The predicted molar refractivity (Wildman–Crippen MR) is 177 cm³/mol. The van der Waals surface area contributed by atoms with Crippen LogP contribution in [0.5, 0.6) is 5.75 Å². The van der Waals surface area contributed by atoms with Gasteiger partial charge >= 0.3 is 0 Å². The number of fused-ring (bicyclic) bond motifs is 3. The van der Waals surface area contributed by atoms with Crippen molar-refractivity contribution in [1.29, 1.82) is 0 Å². The zero-order chi connectivity index (χ0) is 30.8. The first-order valence-corrected chi connectivity index (χ1v) is 16.3. The average molecular weight is 633 g/mol. The van der Waals surface area contributed by atoms with Gasteiger partial charge < -0.3 is 14.6 Å². The van der Waals surface area contributed by atoms with E-state index in [1.54, 1.807) is 25.3 Å². The fraction of sp³-hybridized carbons (Fsp3) is 0.389. The predicted octanol–water partition coefficient (Wildman–Crippen LogP) is 8.10. The monoisotopic (exact) mass is 631 g/mol. The van der Waals surface area contributed by atoms with E-state index in [0.717, 1.165) is 54.6 Å². The van der Waals surface area contributed by atoms with Crippen LogP contribution < -0.4 is 10.1 Å². The number of carbonyl (C=O) groups excluding carboxylic acids is 2. The second-order valence-electron chi connectivity index (χ2n) is 12.4. The number of rotatable bonds is 11. The van der Waals surface area contributed by atoms with Gasteiger partial charge in [0.15, 0.2) is 5.78 Å². The van der Waals surface area contributed by atoms with Gasteiger partial charge in [0.1, 0.15) is 5.75 Å². The van der Waals surface area contributed by atoms with Crippen LogP contribution in [0, 0.1) is 12.8 Å². The molecule has 3 aromatic carbocycles. The van der Waals surface area contributed by atoms with Crippen molar-refractivity contribution >= 4 is 45.8 Å².